The highest BCUT2D eigenvalue weighted by Gasteiger charge is 2.00. The number of aromatic nitrogens is 1. The molecule has 0 amide bonds. The predicted octanol–water partition coefficient (Wildman–Crippen LogP) is 3.36. The molecular formula is C15H20ClIN4S. The molecule has 2 aromatic heterocycles. The summed E-state index contributed by atoms with van der Waals surface area (Å²) in [6, 6.07) is 9.95. The fourth-order valence-electron chi connectivity index (χ4n) is 1.87. The van der Waals surface area contributed by atoms with E-state index in [1.54, 1.807) is 18.4 Å². The summed E-state index contributed by atoms with van der Waals surface area (Å²) >= 11 is 7.53. The van der Waals surface area contributed by atoms with E-state index in [0.29, 0.717) is 0 Å². The van der Waals surface area contributed by atoms with E-state index < -0.39 is 0 Å². The zero-order chi connectivity index (χ0) is 14.9. The van der Waals surface area contributed by atoms with Crippen molar-refractivity contribution in [2.24, 2.45) is 4.99 Å². The van der Waals surface area contributed by atoms with Crippen LogP contribution in [0.4, 0.5) is 0 Å². The summed E-state index contributed by atoms with van der Waals surface area (Å²) in [5.41, 5.74) is 1.08. The molecule has 0 saturated heterocycles. The summed E-state index contributed by atoms with van der Waals surface area (Å²) in [6.45, 7) is 1.64. The average molecular weight is 451 g/mol. The molecule has 22 heavy (non-hydrogen) atoms. The Morgan fingerprint density at radius 3 is 2.55 bits per heavy atom. The Balaban J connectivity index is 0.00000242. The average Bonchev–Trinajstić information content (AvgIpc) is 2.92. The van der Waals surface area contributed by atoms with Crippen molar-refractivity contribution in [3.05, 3.63) is 51.4 Å². The second-order valence-electron chi connectivity index (χ2n) is 4.45. The van der Waals surface area contributed by atoms with Gasteiger partial charge in [0.1, 0.15) is 0 Å². The molecule has 0 bridgehead atoms. The highest BCUT2D eigenvalue weighted by atomic mass is 127. The van der Waals surface area contributed by atoms with Crippen LogP contribution in [0.15, 0.2) is 41.5 Å². The van der Waals surface area contributed by atoms with Crippen molar-refractivity contribution < 1.29 is 0 Å². The number of nitrogens with one attached hydrogen (secondary N) is 2. The van der Waals surface area contributed by atoms with Crippen LogP contribution in [-0.4, -0.2) is 31.1 Å². The third-order valence-corrected chi connectivity index (χ3v) is 4.21. The molecule has 0 atom stereocenters. The van der Waals surface area contributed by atoms with Crippen molar-refractivity contribution >= 4 is 52.9 Å². The third-order valence-electron chi connectivity index (χ3n) is 2.92. The highest BCUT2D eigenvalue weighted by Crippen LogP contribution is 2.21. The normalized spacial score (nSPS) is 10.9. The van der Waals surface area contributed by atoms with Crippen LogP contribution in [-0.2, 0) is 12.8 Å². The summed E-state index contributed by atoms with van der Waals surface area (Å²) in [4.78, 5) is 9.78. The molecule has 7 heteroatoms. The van der Waals surface area contributed by atoms with Crippen LogP contribution in [0.1, 0.15) is 10.6 Å². The number of guanidine groups is 1. The van der Waals surface area contributed by atoms with Gasteiger partial charge in [0, 0.05) is 43.3 Å². The number of rotatable bonds is 6. The maximum Gasteiger partial charge on any atom is 0.191 e. The summed E-state index contributed by atoms with van der Waals surface area (Å²) < 4.78 is 0.836. The predicted molar refractivity (Wildman–Crippen MR) is 106 cm³/mol. The molecule has 2 aromatic rings. The van der Waals surface area contributed by atoms with Gasteiger partial charge in [-0.05, 0) is 30.7 Å². The summed E-state index contributed by atoms with van der Waals surface area (Å²) in [6.07, 6.45) is 3.63. The van der Waals surface area contributed by atoms with Crippen LogP contribution in [0.2, 0.25) is 4.34 Å². The maximum atomic E-state index is 5.91. The standard InChI is InChI=1S/C15H19ClN4S.HI/c1-17-15(19-10-7-12-4-2-3-9-18-12)20-11-8-13-5-6-14(16)21-13;/h2-6,9H,7-8,10-11H2,1H3,(H2,17,19,20);1H. The van der Waals surface area contributed by atoms with Gasteiger partial charge in [0.05, 0.1) is 4.34 Å². The Labute approximate surface area is 157 Å². The first kappa shape index (κ1) is 19.2. The van der Waals surface area contributed by atoms with Gasteiger partial charge in [0.15, 0.2) is 5.96 Å². The zero-order valence-corrected chi connectivity index (χ0v) is 16.3. The molecule has 0 unspecified atom stereocenters. The number of hydrogen-bond acceptors (Lipinski definition) is 3. The van der Waals surface area contributed by atoms with Crippen molar-refractivity contribution in [3.8, 4) is 0 Å². The van der Waals surface area contributed by atoms with Crippen LogP contribution in [0.5, 0.6) is 0 Å². The van der Waals surface area contributed by atoms with E-state index >= 15 is 0 Å². The number of halogens is 2. The SMILES string of the molecule is CN=C(NCCc1ccccn1)NCCc1ccc(Cl)s1.I. The Kier molecular flexibility index (Phi) is 9.42. The first-order valence-corrected chi connectivity index (χ1v) is 8.06. The third kappa shape index (κ3) is 6.93. The largest absolute Gasteiger partial charge is 0.356 e. The maximum absolute atomic E-state index is 5.91. The lowest BCUT2D eigenvalue weighted by atomic mass is 10.3. The zero-order valence-electron chi connectivity index (χ0n) is 12.4. The number of aliphatic imine (C=N–C) groups is 1. The molecule has 0 aromatic carbocycles. The lowest BCUT2D eigenvalue weighted by Crippen LogP contribution is -2.39. The van der Waals surface area contributed by atoms with Crippen LogP contribution in [0.3, 0.4) is 0 Å². The fourth-order valence-corrected chi connectivity index (χ4v) is 2.95. The highest BCUT2D eigenvalue weighted by molar-refractivity contribution is 14.0. The minimum Gasteiger partial charge on any atom is -0.356 e. The Hall–Kier alpha value is -0.860. The Morgan fingerprint density at radius 1 is 1.18 bits per heavy atom. The van der Waals surface area contributed by atoms with Crippen molar-refractivity contribution in [1.82, 2.24) is 15.6 Å². The van der Waals surface area contributed by atoms with Crippen LogP contribution in [0, 0.1) is 0 Å². The first-order chi connectivity index (χ1) is 10.3. The van der Waals surface area contributed by atoms with E-state index in [1.807, 2.05) is 30.5 Å². The summed E-state index contributed by atoms with van der Waals surface area (Å²) in [5.74, 6) is 0.814. The molecule has 0 fully saturated rings. The van der Waals surface area contributed by atoms with Gasteiger partial charge in [0.25, 0.3) is 0 Å². The van der Waals surface area contributed by atoms with Gasteiger partial charge >= 0.3 is 0 Å². The minimum absolute atomic E-state index is 0. The van der Waals surface area contributed by atoms with Gasteiger partial charge in [-0.1, -0.05) is 17.7 Å². The monoisotopic (exact) mass is 450 g/mol. The topological polar surface area (TPSA) is 49.3 Å². The van der Waals surface area contributed by atoms with Crippen molar-refractivity contribution in [2.75, 3.05) is 20.1 Å². The second kappa shape index (κ2) is 10.8. The van der Waals surface area contributed by atoms with Gasteiger partial charge in [-0.25, -0.2) is 0 Å². The van der Waals surface area contributed by atoms with E-state index in [4.69, 9.17) is 11.6 Å². The molecule has 2 heterocycles. The van der Waals surface area contributed by atoms with E-state index in [2.05, 4.69) is 26.7 Å². The number of thiophene rings is 1. The molecular weight excluding hydrogens is 431 g/mol. The van der Waals surface area contributed by atoms with E-state index in [0.717, 1.165) is 41.9 Å². The Bertz CT molecular complexity index is 574. The van der Waals surface area contributed by atoms with Gasteiger partial charge in [0.2, 0.25) is 0 Å². The quantitative estimate of drug-likeness (QED) is 0.403. The van der Waals surface area contributed by atoms with Crippen molar-refractivity contribution in [1.29, 1.82) is 0 Å². The fraction of sp³-hybridized carbons (Fsp3) is 0.333. The number of pyridine rings is 1. The van der Waals surface area contributed by atoms with E-state index in [1.165, 1.54) is 4.88 Å². The number of nitrogens with zero attached hydrogens (tertiary/aromatic N) is 2. The molecule has 0 aliphatic heterocycles. The van der Waals surface area contributed by atoms with Crippen LogP contribution in [0.25, 0.3) is 0 Å². The first-order valence-electron chi connectivity index (χ1n) is 6.86. The summed E-state index contributed by atoms with van der Waals surface area (Å²) in [7, 11) is 1.78. The molecule has 120 valence electrons. The smallest absolute Gasteiger partial charge is 0.191 e. The van der Waals surface area contributed by atoms with Crippen molar-refractivity contribution in [2.45, 2.75) is 12.8 Å². The second-order valence-corrected chi connectivity index (χ2v) is 6.25. The van der Waals surface area contributed by atoms with E-state index in [-0.39, 0.29) is 24.0 Å². The van der Waals surface area contributed by atoms with Crippen LogP contribution >= 0.6 is 46.9 Å². The molecule has 2 rings (SSSR count). The van der Waals surface area contributed by atoms with Gasteiger partial charge < -0.3 is 10.6 Å². The molecule has 2 N–H and O–H groups in total. The van der Waals surface area contributed by atoms with Gasteiger partial charge in [-0.15, -0.1) is 35.3 Å². The lowest BCUT2D eigenvalue weighted by Gasteiger charge is -2.11. The van der Waals surface area contributed by atoms with Crippen molar-refractivity contribution in [3.63, 3.8) is 0 Å². The molecule has 0 saturated carbocycles. The number of hydrogen-bond donors (Lipinski definition) is 2. The lowest BCUT2D eigenvalue weighted by molar-refractivity contribution is 0.779. The molecule has 0 aliphatic carbocycles. The van der Waals surface area contributed by atoms with Gasteiger partial charge in [-0.3, -0.25) is 9.98 Å². The molecule has 0 radical (unpaired) electrons. The van der Waals surface area contributed by atoms with Crippen LogP contribution < -0.4 is 10.6 Å². The van der Waals surface area contributed by atoms with Gasteiger partial charge in [-0.2, -0.15) is 0 Å². The molecule has 4 nitrogen and oxygen atoms in total. The Morgan fingerprint density at radius 2 is 1.95 bits per heavy atom. The van der Waals surface area contributed by atoms with E-state index in [9.17, 15) is 0 Å². The molecule has 0 aliphatic rings. The minimum atomic E-state index is 0. The summed E-state index contributed by atoms with van der Waals surface area (Å²) in [5, 5.41) is 6.58. The molecule has 0 spiro atoms.